The summed E-state index contributed by atoms with van der Waals surface area (Å²) in [6.07, 6.45) is -0.367. The van der Waals surface area contributed by atoms with E-state index in [1.165, 1.54) is 29.5 Å². The van der Waals surface area contributed by atoms with E-state index >= 15 is 0 Å². The number of ether oxygens (including phenoxy) is 2. The van der Waals surface area contributed by atoms with Crippen molar-refractivity contribution in [1.29, 1.82) is 0 Å². The number of hydrazine groups is 1. The summed E-state index contributed by atoms with van der Waals surface area (Å²) >= 11 is 0. The number of alkyl halides is 3. The molecule has 11 nitrogen and oxygen atoms in total. The largest absolute Gasteiger partial charge is 0.573 e. The molecule has 4 rings (SSSR count). The van der Waals surface area contributed by atoms with Gasteiger partial charge in [-0.1, -0.05) is 0 Å². The number of anilines is 3. The van der Waals surface area contributed by atoms with Gasteiger partial charge in [-0.15, -0.1) is 13.2 Å². The Morgan fingerprint density at radius 1 is 1.18 bits per heavy atom. The molecule has 0 aliphatic carbocycles. The number of pyridine rings is 1. The Kier molecular flexibility index (Phi) is 7.97. The number of morpholine rings is 1. The first-order valence-electron chi connectivity index (χ1n) is 11.9. The Morgan fingerprint density at radius 3 is 2.54 bits per heavy atom. The Bertz CT molecular complexity index is 1380. The quantitative estimate of drug-likeness (QED) is 0.302. The maximum atomic E-state index is 13.1. The molecule has 1 fully saturated rings. The van der Waals surface area contributed by atoms with E-state index in [-0.39, 0.29) is 11.3 Å². The summed E-state index contributed by atoms with van der Waals surface area (Å²) in [5.41, 5.74) is 9.80. The minimum atomic E-state index is -4.92. The summed E-state index contributed by atoms with van der Waals surface area (Å²) < 4.78 is 50.0. The normalized spacial score (nSPS) is 14.3. The fraction of sp³-hybridized carbons (Fsp3) is 0.320. The number of hydrogen-bond donors (Lipinski definition) is 3. The molecule has 1 aliphatic heterocycles. The maximum absolute atomic E-state index is 13.1. The topological polar surface area (TPSA) is 137 Å². The molecule has 0 radical (unpaired) electrons. The molecule has 0 bridgehead atoms. The van der Waals surface area contributed by atoms with Crippen molar-refractivity contribution in [2.45, 2.75) is 20.2 Å². The van der Waals surface area contributed by atoms with Crippen molar-refractivity contribution in [3.63, 3.8) is 0 Å². The highest BCUT2D eigenvalue weighted by Gasteiger charge is 2.32. The Labute approximate surface area is 222 Å². The van der Waals surface area contributed by atoms with Crippen molar-refractivity contribution in [2.24, 2.45) is 18.6 Å². The standard InChI is InChI=1S/C25H29F3N8O3/c1-15-23(36(30)14-22(29)21-13-32-34(3)16(21)2)10-18(12-31-15)33-24(37)17-8-19(35-4-6-38-7-5-35)11-20(9-17)39-25(26,27)28/h8-14H,4-7,29-30H2,1-3H3,(H,33,37)/b22-14-. The summed E-state index contributed by atoms with van der Waals surface area (Å²) in [5.74, 6) is 5.09. The molecule has 2 aromatic heterocycles. The lowest BCUT2D eigenvalue weighted by atomic mass is 10.1. The zero-order chi connectivity index (χ0) is 28.3. The Morgan fingerprint density at radius 2 is 1.90 bits per heavy atom. The molecule has 39 heavy (non-hydrogen) atoms. The lowest BCUT2D eigenvalue weighted by molar-refractivity contribution is -0.274. The minimum absolute atomic E-state index is 0.0267. The average Bonchev–Trinajstić information content (AvgIpc) is 3.22. The number of nitrogens with zero attached hydrogens (tertiary/aromatic N) is 5. The van der Waals surface area contributed by atoms with Gasteiger partial charge in [-0.3, -0.25) is 19.5 Å². The van der Waals surface area contributed by atoms with Gasteiger partial charge in [-0.2, -0.15) is 5.10 Å². The van der Waals surface area contributed by atoms with Crippen molar-refractivity contribution in [3.05, 3.63) is 65.4 Å². The monoisotopic (exact) mass is 546 g/mol. The zero-order valence-electron chi connectivity index (χ0n) is 21.6. The van der Waals surface area contributed by atoms with Crippen molar-refractivity contribution in [2.75, 3.05) is 41.5 Å². The molecule has 1 saturated heterocycles. The van der Waals surface area contributed by atoms with E-state index in [9.17, 15) is 18.0 Å². The molecule has 0 saturated carbocycles. The minimum Gasteiger partial charge on any atom is -0.406 e. The first-order valence-corrected chi connectivity index (χ1v) is 11.9. The highest BCUT2D eigenvalue weighted by Crippen LogP contribution is 2.30. The smallest absolute Gasteiger partial charge is 0.406 e. The van der Waals surface area contributed by atoms with Crippen LogP contribution < -0.4 is 31.5 Å². The summed E-state index contributed by atoms with van der Waals surface area (Å²) in [5, 5.41) is 8.11. The van der Waals surface area contributed by atoms with E-state index in [0.717, 1.165) is 11.8 Å². The zero-order valence-corrected chi connectivity index (χ0v) is 21.6. The number of carbonyl (C=O) groups is 1. The lowest BCUT2D eigenvalue weighted by Gasteiger charge is -2.29. The van der Waals surface area contributed by atoms with Crippen molar-refractivity contribution in [1.82, 2.24) is 14.8 Å². The van der Waals surface area contributed by atoms with Crippen LogP contribution in [-0.2, 0) is 11.8 Å². The van der Waals surface area contributed by atoms with Gasteiger partial charge >= 0.3 is 6.36 Å². The van der Waals surface area contributed by atoms with E-state index in [0.29, 0.717) is 54.6 Å². The molecule has 0 atom stereocenters. The number of rotatable bonds is 7. The molecular weight excluding hydrogens is 517 g/mol. The molecule has 0 spiro atoms. The summed E-state index contributed by atoms with van der Waals surface area (Å²) in [7, 11) is 1.79. The van der Waals surface area contributed by atoms with E-state index < -0.39 is 18.0 Å². The summed E-state index contributed by atoms with van der Waals surface area (Å²) in [6.45, 7) is 5.35. The number of aryl methyl sites for hydroxylation is 2. The van der Waals surface area contributed by atoms with Crippen LogP contribution in [-0.4, -0.2) is 53.3 Å². The van der Waals surface area contributed by atoms with Gasteiger partial charge in [0.25, 0.3) is 5.91 Å². The Balaban J connectivity index is 1.59. The SMILES string of the molecule is Cc1ncc(NC(=O)c2cc(OC(F)(F)F)cc(N3CCOCC3)c2)cc1N(N)/C=C(\N)c1cnn(C)c1C. The lowest BCUT2D eigenvalue weighted by Crippen LogP contribution is -2.36. The molecule has 1 aliphatic rings. The maximum Gasteiger partial charge on any atom is 0.573 e. The second-order valence-electron chi connectivity index (χ2n) is 8.90. The van der Waals surface area contributed by atoms with Crippen molar-refractivity contribution >= 4 is 28.7 Å². The molecule has 1 aromatic carbocycles. The summed E-state index contributed by atoms with van der Waals surface area (Å²) in [4.78, 5) is 19.2. The Hall–Kier alpha value is -4.30. The van der Waals surface area contributed by atoms with Crippen LogP contribution in [0.5, 0.6) is 5.75 Å². The van der Waals surface area contributed by atoms with Crippen LogP contribution in [0.1, 0.15) is 27.3 Å². The third-order valence-electron chi connectivity index (χ3n) is 6.18. The van der Waals surface area contributed by atoms with Crippen LogP contribution in [0.15, 0.2) is 42.9 Å². The fourth-order valence-electron chi connectivity index (χ4n) is 4.04. The predicted octanol–water partition coefficient (Wildman–Crippen LogP) is 3.06. The van der Waals surface area contributed by atoms with Gasteiger partial charge in [0.15, 0.2) is 0 Å². The molecule has 0 unspecified atom stereocenters. The van der Waals surface area contributed by atoms with Crippen LogP contribution in [0.2, 0.25) is 0 Å². The molecule has 208 valence electrons. The predicted molar refractivity (Wildman–Crippen MR) is 140 cm³/mol. The number of hydrogen-bond acceptors (Lipinski definition) is 9. The highest BCUT2D eigenvalue weighted by molar-refractivity contribution is 6.05. The molecule has 1 amide bonds. The number of halogens is 3. The van der Waals surface area contributed by atoms with Gasteiger partial charge < -0.3 is 25.4 Å². The average molecular weight is 547 g/mol. The van der Waals surface area contributed by atoms with Gasteiger partial charge in [0.05, 0.1) is 48.4 Å². The third kappa shape index (κ3) is 6.78. The first-order chi connectivity index (χ1) is 18.4. The van der Waals surface area contributed by atoms with E-state index in [2.05, 4.69) is 20.1 Å². The second kappa shape index (κ2) is 11.2. The third-order valence-corrected chi connectivity index (χ3v) is 6.18. The second-order valence-corrected chi connectivity index (χ2v) is 8.90. The van der Waals surface area contributed by atoms with Crippen LogP contribution in [0.4, 0.5) is 30.2 Å². The van der Waals surface area contributed by atoms with Gasteiger partial charge in [0, 0.05) is 54.9 Å². The summed E-state index contributed by atoms with van der Waals surface area (Å²) in [6, 6.07) is 5.36. The molecule has 5 N–H and O–H groups in total. The van der Waals surface area contributed by atoms with Crippen molar-refractivity contribution < 1.29 is 27.4 Å². The number of nitrogens with one attached hydrogen (secondary N) is 1. The van der Waals surface area contributed by atoms with Gasteiger partial charge in [0.2, 0.25) is 0 Å². The number of aromatic nitrogens is 3. The van der Waals surface area contributed by atoms with Crippen LogP contribution in [0, 0.1) is 13.8 Å². The van der Waals surface area contributed by atoms with Gasteiger partial charge in [0.1, 0.15) is 5.75 Å². The van der Waals surface area contributed by atoms with Crippen LogP contribution in [0.25, 0.3) is 5.70 Å². The fourth-order valence-corrected chi connectivity index (χ4v) is 4.04. The molecular formula is C25H29F3N8O3. The first kappa shape index (κ1) is 27.7. The highest BCUT2D eigenvalue weighted by atomic mass is 19.4. The number of benzene rings is 1. The van der Waals surface area contributed by atoms with Gasteiger partial charge in [-0.05, 0) is 32.0 Å². The van der Waals surface area contributed by atoms with Crippen LogP contribution in [0.3, 0.4) is 0 Å². The molecule has 3 aromatic rings. The molecule has 3 heterocycles. The number of carbonyl (C=O) groups excluding carboxylic acids is 1. The van der Waals surface area contributed by atoms with E-state index in [1.807, 2.05) is 11.8 Å². The van der Waals surface area contributed by atoms with Crippen molar-refractivity contribution in [3.8, 4) is 5.75 Å². The number of nitrogens with two attached hydrogens (primary N) is 2. The van der Waals surface area contributed by atoms with Crippen LogP contribution >= 0.6 is 0 Å². The van der Waals surface area contributed by atoms with E-state index in [4.69, 9.17) is 16.3 Å². The molecule has 14 heteroatoms. The number of amides is 1. The van der Waals surface area contributed by atoms with E-state index in [1.54, 1.807) is 30.9 Å². The van der Waals surface area contributed by atoms with Gasteiger partial charge in [-0.25, -0.2) is 5.84 Å².